The molecule has 0 aliphatic rings. The lowest BCUT2D eigenvalue weighted by atomic mass is 10.3. The first-order valence-electron chi connectivity index (χ1n) is 6.18. The first-order chi connectivity index (χ1) is 9.91. The molecule has 0 fully saturated rings. The molecule has 110 valence electrons. The Hall–Kier alpha value is -2.41. The van der Waals surface area contributed by atoms with Crippen LogP contribution in [0.4, 0.5) is 11.4 Å². The van der Waals surface area contributed by atoms with Gasteiger partial charge in [0.1, 0.15) is 0 Å². The predicted molar refractivity (Wildman–Crippen MR) is 80.6 cm³/mol. The molecule has 0 bridgehead atoms. The second kappa shape index (κ2) is 5.92. The third-order valence-corrected chi connectivity index (χ3v) is 4.64. The van der Waals surface area contributed by atoms with Gasteiger partial charge in [0.2, 0.25) is 5.91 Å². The molecule has 0 atom stereocenters. The Kier molecular flexibility index (Phi) is 4.23. The average Bonchev–Trinajstić information content (AvgIpc) is 2.47. The van der Waals surface area contributed by atoms with Crippen LogP contribution < -0.4 is 9.62 Å². The minimum atomic E-state index is -3.66. The number of carbonyl (C=O) groups excluding carboxylic acids is 1. The largest absolute Gasteiger partial charge is 0.326 e. The molecular weight excluding hydrogens is 290 g/mol. The fourth-order valence-corrected chi connectivity index (χ4v) is 2.93. The van der Waals surface area contributed by atoms with Crippen molar-refractivity contribution in [1.29, 1.82) is 0 Å². The Labute approximate surface area is 123 Å². The Balaban J connectivity index is 2.29. The average molecular weight is 305 g/mol. The van der Waals surface area contributed by atoms with Gasteiger partial charge in [0.15, 0.2) is 0 Å². The molecule has 6 nitrogen and oxygen atoms in total. The maximum Gasteiger partial charge on any atom is 0.264 e. The summed E-state index contributed by atoms with van der Waals surface area (Å²) in [6.07, 6.45) is 3.05. The molecule has 2 aromatic rings. The second-order valence-electron chi connectivity index (χ2n) is 4.39. The molecule has 2 rings (SSSR count). The molecule has 1 N–H and O–H groups in total. The quantitative estimate of drug-likeness (QED) is 0.935. The highest BCUT2D eigenvalue weighted by atomic mass is 32.2. The Morgan fingerprint density at radius 1 is 1.19 bits per heavy atom. The van der Waals surface area contributed by atoms with Crippen LogP contribution in [0.5, 0.6) is 0 Å². The van der Waals surface area contributed by atoms with Gasteiger partial charge in [-0.1, -0.05) is 0 Å². The Morgan fingerprint density at radius 3 is 2.38 bits per heavy atom. The molecule has 0 spiro atoms. The maximum absolute atomic E-state index is 12.5. The van der Waals surface area contributed by atoms with Crippen molar-refractivity contribution in [3.05, 3.63) is 48.8 Å². The number of carbonyl (C=O) groups is 1. The first kappa shape index (κ1) is 15.0. The monoisotopic (exact) mass is 305 g/mol. The normalized spacial score (nSPS) is 11.0. The summed E-state index contributed by atoms with van der Waals surface area (Å²) >= 11 is 0. The van der Waals surface area contributed by atoms with E-state index >= 15 is 0 Å². The van der Waals surface area contributed by atoms with Crippen molar-refractivity contribution in [3.8, 4) is 0 Å². The lowest BCUT2D eigenvalue weighted by Crippen LogP contribution is -2.26. The van der Waals surface area contributed by atoms with Crippen LogP contribution in [0, 0.1) is 0 Å². The highest BCUT2D eigenvalue weighted by Gasteiger charge is 2.21. The number of nitrogens with one attached hydrogen (secondary N) is 1. The lowest BCUT2D eigenvalue weighted by Gasteiger charge is -2.19. The maximum atomic E-state index is 12.5. The van der Waals surface area contributed by atoms with Crippen LogP contribution in [-0.4, -0.2) is 26.4 Å². The van der Waals surface area contributed by atoms with E-state index in [-0.39, 0.29) is 10.8 Å². The summed E-state index contributed by atoms with van der Waals surface area (Å²) in [5.74, 6) is -0.210. The van der Waals surface area contributed by atoms with Gasteiger partial charge in [-0.3, -0.25) is 14.1 Å². The molecular formula is C14H15N3O3S. The van der Waals surface area contributed by atoms with E-state index in [1.54, 1.807) is 30.5 Å². The molecule has 0 aliphatic heterocycles. The molecule has 0 unspecified atom stereocenters. The van der Waals surface area contributed by atoms with E-state index in [1.165, 1.54) is 32.3 Å². The van der Waals surface area contributed by atoms with Gasteiger partial charge in [-0.15, -0.1) is 0 Å². The molecule has 1 amide bonds. The minimum absolute atomic E-state index is 0.142. The summed E-state index contributed by atoms with van der Waals surface area (Å²) in [6.45, 7) is 1.39. The summed E-state index contributed by atoms with van der Waals surface area (Å²) in [6, 6.07) is 9.33. The van der Waals surface area contributed by atoms with E-state index < -0.39 is 10.0 Å². The number of aromatic nitrogens is 1. The number of rotatable bonds is 4. The van der Waals surface area contributed by atoms with Gasteiger partial charge >= 0.3 is 0 Å². The van der Waals surface area contributed by atoms with Gasteiger partial charge in [-0.05, 0) is 36.4 Å². The topological polar surface area (TPSA) is 79.4 Å². The van der Waals surface area contributed by atoms with E-state index in [9.17, 15) is 13.2 Å². The Bertz CT molecular complexity index is 728. The number of sulfonamides is 1. The standard InChI is InChI=1S/C14H15N3O3S/c1-11(18)16-12-5-7-14(8-6-12)21(19,20)17(2)13-4-3-9-15-10-13/h3-10H,1-2H3,(H,16,18). The molecule has 7 heteroatoms. The summed E-state index contributed by atoms with van der Waals surface area (Å²) in [7, 11) is -2.19. The number of nitrogens with zero attached hydrogens (tertiary/aromatic N) is 2. The number of benzene rings is 1. The van der Waals surface area contributed by atoms with Crippen LogP contribution in [0.2, 0.25) is 0 Å². The fourth-order valence-electron chi connectivity index (χ4n) is 1.75. The molecule has 0 saturated heterocycles. The van der Waals surface area contributed by atoms with E-state index in [4.69, 9.17) is 0 Å². The van der Waals surface area contributed by atoms with Crippen molar-refractivity contribution >= 4 is 27.3 Å². The molecule has 1 heterocycles. The third-order valence-electron chi connectivity index (χ3n) is 2.84. The summed E-state index contributed by atoms with van der Waals surface area (Å²) in [5, 5.41) is 2.59. The summed E-state index contributed by atoms with van der Waals surface area (Å²) in [5.41, 5.74) is 1.02. The first-order valence-corrected chi connectivity index (χ1v) is 7.62. The fraction of sp³-hybridized carbons (Fsp3) is 0.143. The smallest absolute Gasteiger partial charge is 0.264 e. The predicted octanol–water partition coefficient (Wildman–Crippen LogP) is 1.87. The third kappa shape index (κ3) is 3.38. The zero-order valence-electron chi connectivity index (χ0n) is 11.6. The van der Waals surface area contributed by atoms with E-state index in [0.29, 0.717) is 11.4 Å². The van der Waals surface area contributed by atoms with Gasteiger partial charge < -0.3 is 5.32 Å². The van der Waals surface area contributed by atoms with Crippen LogP contribution >= 0.6 is 0 Å². The number of hydrogen-bond donors (Lipinski definition) is 1. The van der Waals surface area contributed by atoms with Crippen LogP contribution in [0.3, 0.4) is 0 Å². The van der Waals surface area contributed by atoms with Crippen molar-refractivity contribution in [1.82, 2.24) is 4.98 Å². The van der Waals surface area contributed by atoms with Gasteiger partial charge in [0, 0.05) is 25.9 Å². The van der Waals surface area contributed by atoms with Crippen molar-refractivity contribution in [3.63, 3.8) is 0 Å². The van der Waals surface area contributed by atoms with Crippen LogP contribution in [0.25, 0.3) is 0 Å². The van der Waals surface area contributed by atoms with Gasteiger partial charge in [0.25, 0.3) is 10.0 Å². The van der Waals surface area contributed by atoms with Crippen molar-refractivity contribution in [2.75, 3.05) is 16.7 Å². The second-order valence-corrected chi connectivity index (χ2v) is 6.36. The highest BCUT2D eigenvalue weighted by molar-refractivity contribution is 7.92. The van der Waals surface area contributed by atoms with E-state index in [0.717, 1.165) is 4.31 Å². The van der Waals surface area contributed by atoms with Crippen molar-refractivity contribution in [2.24, 2.45) is 0 Å². The SMILES string of the molecule is CC(=O)Nc1ccc(S(=O)(=O)N(C)c2cccnc2)cc1. The highest BCUT2D eigenvalue weighted by Crippen LogP contribution is 2.22. The molecule has 21 heavy (non-hydrogen) atoms. The number of hydrogen-bond acceptors (Lipinski definition) is 4. The van der Waals surface area contributed by atoms with Crippen molar-refractivity contribution in [2.45, 2.75) is 11.8 Å². The van der Waals surface area contributed by atoms with Gasteiger partial charge in [-0.25, -0.2) is 8.42 Å². The number of pyridine rings is 1. The minimum Gasteiger partial charge on any atom is -0.326 e. The number of anilines is 2. The van der Waals surface area contributed by atoms with Crippen LogP contribution in [-0.2, 0) is 14.8 Å². The molecule has 0 radical (unpaired) electrons. The summed E-state index contributed by atoms with van der Waals surface area (Å²) in [4.78, 5) is 15.0. The van der Waals surface area contributed by atoms with Gasteiger partial charge in [-0.2, -0.15) is 0 Å². The molecule has 0 saturated carbocycles. The Morgan fingerprint density at radius 2 is 1.86 bits per heavy atom. The zero-order valence-corrected chi connectivity index (χ0v) is 12.5. The van der Waals surface area contributed by atoms with Crippen molar-refractivity contribution < 1.29 is 13.2 Å². The molecule has 1 aromatic heterocycles. The van der Waals surface area contributed by atoms with E-state index in [2.05, 4.69) is 10.3 Å². The lowest BCUT2D eigenvalue weighted by molar-refractivity contribution is -0.114. The number of amides is 1. The summed E-state index contributed by atoms with van der Waals surface area (Å²) < 4.78 is 26.1. The molecule has 0 aliphatic carbocycles. The van der Waals surface area contributed by atoms with Gasteiger partial charge in [0.05, 0.1) is 16.8 Å². The van der Waals surface area contributed by atoms with E-state index in [1.807, 2.05) is 0 Å². The zero-order chi connectivity index (χ0) is 15.5. The molecule has 1 aromatic carbocycles. The van der Waals surface area contributed by atoms with Crippen LogP contribution in [0.1, 0.15) is 6.92 Å². The van der Waals surface area contributed by atoms with Crippen LogP contribution in [0.15, 0.2) is 53.7 Å².